The number of aromatic nitrogens is 3. The Morgan fingerprint density at radius 2 is 2.15 bits per heavy atom. The van der Waals surface area contributed by atoms with E-state index in [-0.39, 0.29) is 24.8 Å². The van der Waals surface area contributed by atoms with E-state index in [0.717, 1.165) is 5.69 Å². The van der Waals surface area contributed by atoms with Gasteiger partial charge in [0, 0.05) is 20.1 Å². The number of rotatable bonds is 1. The summed E-state index contributed by atoms with van der Waals surface area (Å²) in [5.41, 5.74) is 0.0365. The Bertz CT molecular complexity index is 273. The van der Waals surface area contributed by atoms with Crippen LogP contribution in [0.5, 0.6) is 0 Å². The van der Waals surface area contributed by atoms with Crippen molar-refractivity contribution >= 4 is 24.8 Å². The first-order chi connectivity index (χ1) is 5.22. The van der Waals surface area contributed by atoms with Crippen LogP contribution in [0.2, 0.25) is 0 Å². The van der Waals surface area contributed by atoms with Crippen LogP contribution in [0, 0.1) is 0 Å². The molecule has 1 aliphatic heterocycles. The minimum atomic E-state index is -0.738. The second-order valence-corrected chi connectivity index (χ2v) is 2.88. The molecule has 5 nitrogen and oxygen atoms in total. The molecule has 0 saturated carbocycles. The molecule has 1 saturated heterocycles. The molecule has 1 fully saturated rings. The lowest BCUT2D eigenvalue weighted by Crippen LogP contribution is -2.57. The van der Waals surface area contributed by atoms with Gasteiger partial charge in [-0.2, -0.15) is 0 Å². The van der Waals surface area contributed by atoms with Crippen molar-refractivity contribution in [3.63, 3.8) is 0 Å². The molecular weight excluding hydrogens is 215 g/mol. The lowest BCUT2D eigenvalue weighted by atomic mass is 9.94. The zero-order valence-electron chi connectivity index (χ0n) is 7.10. The molecule has 76 valence electrons. The van der Waals surface area contributed by atoms with Crippen molar-refractivity contribution < 1.29 is 5.11 Å². The Hall–Kier alpha value is -0.360. The number of nitrogens with zero attached hydrogens (tertiary/aromatic N) is 3. The van der Waals surface area contributed by atoms with Crippen LogP contribution < -0.4 is 5.32 Å². The third kappa shape index (κ3) is 1.94. The zero-order valence-corrected chi connectivity index (χ0v) is 8.73. The summed E-state index contributed by atoms with van der Waals surface area (Å²) in [6.07, 6.45) is 1.60. The molecule has 0 unspecified atom stereocenters. The quantitative estimate of drug-likeness (QED) is 0.675. The highest BCUT2D eigenvalue weighted by Crippen LogP contribution is 2.22. The second kappa shape index (κ2) is 4.23. The molecular formula is C6H12Cl2N4O. The van der Waals surface area contributed by atoms with E-state index in [4.69, 9.17) is 0 Å². The van der Waals surface area contributed by atoms with E-state index in [1.807, 2.05) is 0 Å². The predicted octanol–water partition coefficient (Wildman–Crippen LogP) is -0.551. The highest BCUT2D eigenvalue weighted by Gasteiger charge is 2.38. The lowest BCUT2D eigenvalue weighted by molar-refractivity contribution is -0.0217. The van der Waals surface area contributed by atoms with Crippen LogP contribution in [0.25, 0.3) is 0 Å². The minimum Gasteiger partial charge on any atom is -0.381 e. The fourth-order valence-electron chi connectivity index (χ4n) is 1.25. The topological polar surface area (TPSA) is 63.0 Å². The second-order valence-electron chi connectivity index (χ2n) is 2.88. The zero-order chi connectivity index (χ0) is 7.90. The molecule has 0 amide bonds. The number of aryl methyl sites for hydroxylation is 1. The summed E-state index contributed by atoms with van der Waals surface area (Å²) in [4.78, 5) is 0. The molecule has 0 aromatic carbocycles. The molecule has 1 aromatic heterocycles. The summed E-state index contributed by atoms with van der Waals surface area (Å²) >= 11 is 0. The summed E-state index contributed by atoms with van der Waals surface area (Å²) in [6.45, 7) is 1.18. The monoisotopic (exact) mass is 226 g/mol. The molecule has 2 heterocycles. The average Bonchev–Trinajstić information content (AvgIpc) is 2.30. The summed E-state index contributed by atoms with van der Waals surface area (Å²) < 4.78 is 1.60. The van der Waals surface area contributed by atoms with E-state index in [1.165, 1.54) is 0 Å². The fraction of sp³-hybridized carbons (Fsp3) is 0.667. The maximum Gasteiger partial charge on any atom is 0.132 e. The van der Waals surface area contributed by atoms with Crippen LogP contribution in [0.4, 0.5) is 0 Å². The van der Waals surface area contributed by atoms with Gasteiger partial charge in [0.05, 0.1) is 11.9 Å². The van der Waals surface area contributed by atoms with Gasteiger partial charge >= 0.3 is 0 Å². The standard InChI is InChI=1S/C6H10N4O.2ClH/c1-10-5(2-8-9-10)6(11)3-7-4-6;;/h2,7,11H,3-4H2,1H3;2*1H. The van der Waals surface area contributed by atoms with Gasteiger partial charge in [-0.1, -0.05) is 5.21 Å². The molecule has 0 aliphatic carbocycles. The van der Waals surface area contributed by atoms with Gasteiger partial charge in [0.1, 0.15) is 5.60 Å². The number of β-amino-alcohol motifs (C(OH)–C–C–N with tert-alkyl or cyclic N) is 1. The van der Waals surface area contributed by atoms with E-state index in [0.29, 0.717) is 13.1 Å². The maximum atomic E-state index is 9.79. The van der Waals surface area contributed by atoms with Gasteiger partial charge in [-0.05, 0) is 0 Å². The van der Waals surface area contributed by atoms with Crippen molar-refractivity contribution in [1.29, 1.82) is 0 Å². The van der Waals surface area contributed by atoms with Gasteiger partial charge in [0.2, 0.25) is 0 Å². The highest BCUT2D eigenvalue weighted by molar-refractivity contribution is 5.85. The fourth-order valence-corrected chi connectivity index (χ4v) is 1.25. The van der Waals surface area contributed by atoms with Crippen molar-refractivity contribution in [2.24, 2.45) is 7.05 Å². The van der Waals surface area contributed by atoms with Crippen molar-refractivity contribution in [3.05, 3.63) is 11.9 Å². The highest BCUT2D eigenvalue weighted by atomic mass is 35.5. The van der Waals surface area contributed by atoms with Gasteiger partial charge < -0.3 is 10.4 Å². The minimum absolute atomic E-state index is 0. The third-order valence-electron chi connectivity index (χ3n) is 2.03. The SMILES string of the molecule is Cl.Cl.Cn1nncc1C1(O)CNC1. The van der Waals surface area contributed by atoms with E-state index in [1.54, 1.807) is 17.9 Å². The van der Waals surface area contributed by atoms with Crippen molar-refractivity contribution in [2.45, 2.75) is 5.60 Å². The largest absolute Gasteiger partial charge is 0.381 e. The average molecular weight is 227 g/mol. The Morgan fingerprint density at radius 1 is 1.54 bits per heavy atom. The van der Waals surface area contributed by atoms with Crippen molar-refractivity contribution in [3.8, 4) is 0 Å². The Labute approximate surface area is 88.3 Å². The van der Waals surface area contributed by atoms with Gasteiger partial charge in [-0.25, -0.2) is 4.68 Å². The molecule has 0 bridgehead atoms. The molecule has 1 aromatic rings. The molecule has 7 heteroatoms. The lowest BCUT2D eigenvalue weighted by Gasteiger charge is -2.36. The Morgan fingerprint density at radius 3 is 2.46 bits per heavy atom. The first kappa shape index (κ1) is 12.6. The van der Waals surface area contributed by atoms with Gasteiger partial charge in [-0.3, -0.25) is 0 Å². The number of aliphatic hydroxyl groups is 1. The van der Waals surface area contributed by atoms with Gasteiger partial charge in [0.15, 0.2) is 0 Å². The van der Waals surface area contributed by atoms with E-state index >= 15 is 0 Å². The molecule has 0 atom stereocenters. The van der Waals surface area contributed by atoms with Gasteiger partial charge in [-0.15, -0.1) is 29.9 Å². The number of nitrogens with one attached hydrogen (secondary N) is 1. The molecule has 0 spiro atoms. The summed E-state index contributed by atoms with van der Waals surface area (Å²) in [6, 6.07) is 0. The van der Waals surface area contributed by atoms with Crippen molar-refractivity contribution in [2.75, 3.05) is 13.1 Å². The summed E-state index contributed by atoms with van der Waals surface area (Å²) in [7, 11) is 1.78. The number of hydrogen-bond donors (Lipinski definition) is 2. The number of halogens is 2. The van der Waals surface area contributed by atoms with Crippen LogP contribution in [-0.2, 0) is 12.6 Å². The molecule has 13 heavy (non-hydrogen) atoms. The Balaban J connectivity index is 0.000000720. The third-order valence-corrected chi connectivity index (χ3v) is 2.03. The van der Waals surface area contributed by atoms with Crippen LogP contribution in [0.15, 0.2) is 6.20 Å². The molecule has 2 N–H and O–H groups in total. The van der Waals surface area contributed by atoms with E-state index < -0.39 is 5.60 Å². The maximum absolute atomic E-state index is 9.79. The van der Waals surface area contributed by atoms with Crippen LogP contribution >= 0.6 is 24.8 Å². The first-order valence-electron chi connectivity index (χ1n) is 3.51. The number of hydrogen-bond acceptors (Lipinski definition) is 4. The summed E-state index contributed by atoms with van der Waals surface area (Å²) in [5, 5.41) is 20.2. The molecule has 1 aliphatic rings. The van der Waals surface area contributed by atoms with Crippen molar-refractivity contribution in [1.82, 2.24) is 20.3 Å². The van der Waals surface area contributed by atoms with Crippen LogP contribution in [0.1, 0.15) is 5.69 Å². The first-order valence-corrected chi connectivity index (χ1v) is 3.51. The predicted molar refractivity (Wildman–Crippen MR) is 52.3 cm³/mol. The Kier molecular flexibility index (Phi) is 4.12. The molecule has 0 radical (unpaired) electrons. The van der Waals surface area contributed by atoms with Crippen LogP contribution in [0.3, 0.4) is 0 Å². The summed E-state index contributed by atoms with van der Waals surface area (Å²) in [5.74, 6) is 0. The molecule has 2 rings (SSSR count). The van der Waals surface area contributed by atoms with E-state index in [9.17, 15) is 5.11 Å². The normalized spacial score (nSPS) is 18.0. The van der Waals surface area contributed by atoms with Gasteiger partial charge in [0.25, 0.3) is 0 Å². The smallest absolute Gasteiger partial charge is 0.132 e. The van der Waals surface area contributed by atoms with Crippen LogP contribution in [-0.4, -0.2) is 33.2 Å². The van der Waals surface area contributed by atoms with E-state index in [2.05, 4.69) is 15.6 Å².